The molecule has 1 aliphatic rings. The Balaban J connectivity index is 2.54. The number of aliphatic hydroxyl groups is 4. The van der Waals surface area contributed by atoms with Crippen molar-refractivity contribution in [1.82, 2.24) is 0 Å². The van der Waals surface area contributed by atoms with Crippen molar-refractivity contribution in [2.75, 3.05) is 6.61 Å². The lowest BCUT2D eigenvalue weighted by atomic mass is 9.99. The van der Waals surface area contributed by atoms with Crippen LogP contribution in [0.5, 0.6) is 0 Å². The second-order valence-electron chi connectivity index (χ2n) is 6.09. The molecule has 0 aliphatic carbocycles. The van der Waals surface area contributed by atoms with Gasteiger partial charge in [-0.3, -0.25) is 0 Å². The zero-order chi connectivity index (χ0) is 16.5. The summed E-state index contributed by atoms with van der Waals surface area (Å²) >= 11 is 0. The summed E-state index contributed by atoms with van der Waals surface area (Å²) in [6, 6.07) is 0. The van der Waals surface area contributed by atoms with Crippen molar-refractivity contribution in [3.63, 3.8) is 0 Å². The minimum atomic E-state index is -1.38. The van der Waals surface area contributed by atoms with Gasteiger partial charge in [0.15, 0.2) is 6.29 Å². The Bertz CT molecular complexity index is 286. The number of ether oxygens (including phenoxy) is 2. The Hall–Kier alpha value is -0.240. The van der Waals surface area contributed by atoms with E-state index in [1.54, 1.807) is 0 Å². The number of hydrogen-bond acceptors (Lipinski definition) is 6. The van der Waals surface area contributed by atoms with Gasteiger partial charge in [0.2, 0.25) is 0 Å². The van der Waals surface area contributed by atoms with Crippen LogP contribution in [0.15, 0.2) is 0 Å². The van der Waals surface area contributed by atoms with E-state index in [0.29, 0.717) is 0 Å². The van der Waals surface area contributed by atoms with Gasteiger partial charge in [0, 0.05) is 0 Å². The molecule has 6 atom stereocenters. The first-order chi connectivity index (χ1) is 10.5. The molecule has 1 saturated heterocycles. The van der Waals surface area contributed by atoms with E-state index >= 15 is 0 Å². The normalized spacial score (nSPS) is 33.8. The lowest BCUT2D eigenvalue weighted by molar-refractivity contribution is -0.312. The molecule has 0 aromatic rings. The predicted octanol–water partition coefficient (Wildman–Crippen LogP) is 0.942. The van der Waals surface area contributed by atoms with E-state index in [0.717, 1.165) is 32.1 Å². The molecule has 0 radical (unpaired) electrons. The summed E-state index contributed by atoms with van der Waals surface area (Å²) < 4.78 is 11.2. The van der Waals surface area contributed by atoms with Crippen LogP contribution in [-0.2, 0) is 9.47 Å². The third kappa shape index (κ3) is 5.76. The first kappa shape index (κ1) is 19.8. The fraction of sp³-hybridized carbons (Fsp3) is 1.00. The van der Waals surface area contributed by atoms with Gasteiger partial charge in [-0.15, -0.1) is 0 Å². The van der Waals surface area contributed by atoms with Gasteiger partial charge in [0.25, 0.3) is 0 Å². The third-order valence-corrected chi connectivity index (χ3v) is 4.17. The summed E-state index contributed by atoms with van der Waals surface area (Å²) in [7, 11) is 0. The molecule has 6 heteroatoms. The highest BCUT2D eigenvalue weighted by Crippen LogP contribution is 2.25. The second-order valence-corrected chi connectivity index (χ2v) is 6.09. The minimum absolute atomic E-state index is 0.0525. The van der Waals surface area contributed by atoms with Gasteiger partial charge in [-0.2, -0.15) is 0 Å². The van der Waals surface area contributed by atoms with Crippen LogP contribution in [0, 0.1) is 0 Å². The maximum absolute atomic E-state index is 10.0. The number of unbranched alkanes of at least 4 members (excludes halogenated alkanes) is 3. The summed E-state index contributed by atoms with van der Waals surface area (Å²) in [5.74, 6) is 0. The van der Waals surface area contributed by atoms with Crippen LogP contribution in [0.1, 0.15) is 58.8 Å². The molecule has 0 aromatic carbocycles. The predicted molar refractivity (Wildman–Crippen MR) is 82.3 cm³/mol. The molecule has 1 fully saturated rings. The van der Waals surface area contributed by atoms with Crippen molar-refractivity contribution in [2.45, 2.75) is 95.6 Å². The molecule has 1 heterocycles. The number of aliphatic hydroxyl groups excluding tert-OH is 4. The van der Waals surface area contributed by atoms with Crippen molar-refractivity contribution in [3.8, 4) is 0 Å². The standard InChI is InChI=1S/C16H32O6/c1-3-5-6-7-9-11(8-4-2)21-16-15(20)14(19)13(18)12(10-17)22-16/h11-20H,3-10H2,1-2H3/t11?,12-,13-,14+,15-,16?/m1/s1. The summed E-state index contributed by atoms with van der Waals surface area (Å²) in [6.07, 6.45) is 1.24. The van der Waals surface area contributed by atoms with Crippen molar-refractivity contribution < 1.29 is 29.9 Å². The average molecular weight is 320 g/mol. The summed E-state index contributed by atoms with van der Waals surface area (Å²) in [5.41, 5.74) is 0. The fourth-order valence-corrected chi connectivity index (χ4v) is 2.77. The average Bonchev–Trinajstić information content (AvgIpc) is 2.52. The first-order valence-electron chi connectivity index (χ1n) is 8.51. The Morgan fingerprint density at radius 3 is 2.23 bits per heavy atom. The van der Waals surface area contributed by atoms with Crippen molar-refractivity contribution >= 4 is 0 Å². The zero-order valence-electron chi connectivity index (χ0n) is 13.7. The molecule has 2 unspecified atom stereocenters. The maximum Gasteiger partial charge on any atom is 0.186 e. The van der Waals surface area contributed by atoms with Gasteiger partial charge >= 0.3 is 0 Å². The molecule has 1 aliphatic heterocycles. The van der Waals surface area contributed by atoms with Crippen LogP contribution < -0.4 is 0 Å². The van der Waals surface area contributed by atoms with E-state index in [4.69, 9.17) is 9.47 Å². The van der Waals surface area contributed by atoms with E-state index in [1.807, 2.05) is 0 Å². The quantitative estimate of drug-likeness (QED) is 0.447. The molecule has 1 rings (SSSR count). The minimum Gasteiger partial charge on any atom is -0.394 e. The Labute approximate surface area is 133 Å². The second kappa shape index (κ2) is 10.5. The van der Waals surface area contributed by atoms with E-state index < -0.39 is 37.3 Å². The highest BCUT2D eigenvalue weighted by molar-refractivity contribution is 4.89. The van der Waals surface area contributed by atoms with Crippen LogP contribution in [0.25, 0.3) is 0 Å². The van der Waals surface area contributed by atoms with Gasteiger partial charge in [0.05, 0.1) is 12.7 Å². The highest BCUT2D eigenvalue weighted by Gasteiger charge is 2.44. The van der Waals surface area contributed by atoms with Crippen LogP contribution in [-0.4, -0.2) is 63.8 Å². The molecule has 0 spiro atoms. The van der Waals surface area contributed by atoms with E-state index in [9.17, 15) is 20.4 Å². The van der Waals surface area contributed by atoms with E-state index in [1.165, 1.54) is 12.8 Å². The largest absolute Gasteiger partial charge is 0.394 e. The first-order valence-corrected chi connectivity index (χ1v) is 8.51. The van der Waals surface area contributed by atoms with Gasteiger partial charge in [-0.25, -0.2) is 0 Å². The van der Waals surface area contributed by atoms with Gasteiger partial charge in [-0.05, 0) is 12.8 Å². The molecule has 132 valence electrons. The SMILES string of the molecule is CCCCCCC(CCC)OC1O[C@H](CO)[C@@H](O)[C@H](O)[C@H]1O. The fourth-order valence-electron chi connectivity index (χ4n) is 2.77. The van der Waals surface area contributed by atoms with Crippen molar-refractivity contribution in [3.05, 3.63) is 0 Å². The summed E-state index contributed by atoms with van der Waals surface area (Å²) in [6.45, 7) is 3.80. The summed E-state index contributed by atoms with van der Waals surface area (Å²) in [4.78, 5) is 0. The van der Waals surface area contributed by atoms with E-state index in [-0.39, 0.29) is 6.10 Å². The van der Waals surface area contributed by atoms with Crippen LogP contribution in [0.4, 0.5) is 0 Å². The highest BCUT2D eigenvalue weighted by atomic mass is 16.7. The molecule has 0 aromatic heterocycles. The Morgan fingerprint density at radius 1 is 0.909 bits per heavy atom. The van der Waals surface area contributed by atoms with Crippen LogP contribution in [0.3, 0.4) is 0 Å². The van der Waals surface area contributed by atoms with Crippen molar-refractivity contribution in [1.29, 1.82) is 0 Å². The van der Waals surface area contributed by atoms with Crippen molar-refractivity contribution in [2.24, 2.45) is 0 Å². The molecule has 0 amide bonds. The molecule has 0 bridgehead atoms. The molecule has 0 saturated carbocycles. The zero-order valence-corrected chi connectivity index (χ0v) is 13.7. The molecular weight excluding hydrogens is 288 g/mol. The monoisotopic (exact) mass is 320 g/mol. The molecule has 22 heavy (non-hydrogen) atoms. The third-order valence-electron chi connectivity index (χ3n) is 4.17. The van der Waals surface area contributed by atoms with Gasteiger partial charge < -0.3 is 29.9 Å². The number of rotatable bonds is 10. The number of hydrogen-bond donors (Lipinski definition) is 4. The maximum atomic E-state index is 10.0. The van der Waals surface area contributed by atoms with Crippen LogP contribution in [0.2, 0.25) is 0 Å². The van der Waals surface area contributed by atoms with E-state index in [2.05, 4.69) is 13.8 Å². The molecule has 4 N–H and O–H groups in total. The summed E-state index contributed by atoms with van der Waals surface area (Å²) in [5, 5.41) is 38.7. The lowest BCUT2D eigenvalue weighted by Crippen LogP contribution is -2.59. The van der Waals surface area contributed by atoms with Gasteiger partial charge in [0.1, 0.15) is 24.4 Å². The smallest absolute Gasteiger partial charge is 0.186 e. The van der Waals surface area contributed by atoms with Crippen LogP contribution >= 0.6 is 0 Å². The Morgan fingerprint density at radius 2 is 1.64 bits per heavy atom. The topological polar surface area (TPSA) is 99.4 Å². The molecule has 6 nitrogen and oxygen atoms in total. The Kier molecular flexibility index (Phi) is 9.47. The lowest BCUT2D eigenvalue weighted by Gasteiger charge is -2.41. The molecular formula is C16H32O6. The van der Waals surface area contributed by atoms with Gasteiger partial charge in [-0.1, -0.05) is 46.0 Å².